The molecule has 0 radical (unpaired) electrons. The zero-order valence-corrected chi connectivity index (χ0v) is 14.0. The summed E-state index contributed by atoms with van der Waals surface area (Å²) in [4.78, 5) is 36.5. The van der Waals surface area contributed by atoms with Crippen LogP contribution in [0.5, 0.6) is 5.75 Å². The van der Waals surface area contributed by atoms with Gasteiger partial charge in [-0.1, -0.05) is 0 Å². The molecule has 0 aliphatic carbocycles. The van der Waals surface area contributed by atoms with Crippen molar-refractivity contribution in [2.24, 2.45) is 0 Å². The molecule has 0 unspecified atom stereocenters. The summed E-state index contributed by atoms with van der Waals surface area (Å²) in [5, 5.41) is 14.8. The lowest BCUT2D eigenvalue weighted by Crippen LogP contribution is -2.31. The maximum atomic E-state index is 12.5. The molecule has 0 spiro atoms. The van der Waals surface area contributed by atoms with Gasteiger partial charge in [0.15, 0.2) is 0 Å². The number of esters is 1. The number of amides is 1. The Balaban J connectivity index is 2.05. The Kier molecular flexibility index (Phi) is 4.85. The number of ether oxygens (including phenoxy) is 1. The maximum Gasteiger partial charge on any atom is 0.325 e. The fraction of sp³-hybridized carbons (Fsp3) is 0.188. The standard InChI is InChI=1S/C16H14N4O4S/c1-2-24-12(21)6-19-16(23)13-14-10(17-3-4-18-14)5-9(15(13)22)11-7-25-8-20-11/h3-5,7-8,22H,2,6H2,1H3,(H,19,23). The van der Waals surface area contributed by atoms with Gasteiger partial charge in [0.1, 0.15) is 23.4 Å². The van der Waals surface area contributed by atoms with Crippen molar-refractivity contribution in [1.29, 1.82) is 0 Å². The third-order valence-electron chi connectivity index (χ3n) is 3.37. The number of hydrogen-bond donors (Lipinski definition) is 2. The van der Waals surface area contributed by atoms with Crippen LogP contribution in [0.15, 0.2) is 29.4 Å². The predicted molar refractivity (Wildman–Crippen MR) is 91.3 cm³/mol. The summed E-state index contributed by atoms with van der Waals surface area (Å²) < 4.78 is 4.78. The molecular formula is C16H14N4O4S. The first kappa shape index (κ1) is 16.8. The van der Waals surface area contributed by atoms with Gasteiger partial charge < -0.3 is 15.2 Å². The Morgan fingerprint density at radius 3 is 2.80 bits per heavy atom. The Hall–Kier alpha value is -3.07. The number of nitrogens with zero attached hydrogens (tertiary/aromatic N) is 3. The number of phenols is 1. The summed E-state index contributed by atoms with van der Waals surface area (Å²) >= 11 is 1.36. The van der Waals surface area contributed by atoms with E-state index >= 15 is 0 Å². The van der Waals surface area contributed by atoms with Crippen molar-refractivity contribution in [2.45, 2.75) is 6.92 Å². The molecule has 0 saturated heterocycles. The van der Waals surface area contributed by atoms with E-state index in [0.717, 1.165) is 0 Å². The Bertz CT molecular complexity index is 927. The van der Waals surface area contributed by atoms with Crippen LogP contribution in [0, 0.1) is 0 Å². The van der Waals surface area contributed by atoms with Crippen LogP contribution < -0.4 is 5.32 Å². The minimum Gasteiger partial charge on any atom is -0.506 e. The van der Waals surface area contributed by atoms with Gasteiger partial charge in [-0.3, -0.25) is 19.6 Å². The summed E-state index contributed by atoms with van der Waals surface area (Å²) in [5.74, 6) is -1.48. The number of benzene rings is 1. The van der Waals surface area contributed by atoms with Gasteiger partial charge in [-0.2, -0.15) is 0 Å². The van der Waals surface area contributed by atoms with Crippen molar-refractivity contribution < 1.29 is 19.4 Å². The molecule has 2 aromatic heterocycles. The molecule has 0 atom stereocenters. The first-order valence-corrected chi connectivity index (χ1v) is 8.35. The van der Waals surface area contributed by atoms with Crippen molar-refractivity contribution in [3.05, 3.63) is 34.9 Å². The van der Waals surface area contributed by atoms with E-state index in [4.69, 9.17) is 4.74 Å². The summed E-state index contributed by atoms with van der Waals surface area (Å²) in [6.07, 6.45) is 2.91. The van der Waals surface area contributed by atoms with Crippen LogP contribution in [-0.4, -0.2) is 45.1 Å². The first-order chi connectivity index (χ1) is 12.1. The van der Waals surface area contributed by atoms with Crippen molar-refractivity contribution in [2.75, 3.05) is 13.2 Å². The average Bonchev–Trinajstić information content (AvgIpc) is 3.14. The van der Waals surface area contributed by atoms with Crippen molar-refractivity contribution >= 4 is 34.2 Å². The minimum atomic E-state index is -0.645. The van der Waals surface area contributed by atoms with E-state index < -0.39 is 11.9 Å². The largest absolute Gasteiger partial charge is 0.506 e. The number of thiazole rings is 1. The first-order valence-electron chi connectivity index (χ1n) is 7.41. The SMILES string of the molecule is CCOC(=O)CNC(=O)c1c(O)c(-c2cscn2)cc2nccnc12. The van der Waals surface area contributed by atoms with Gasteiger partial charge in [0, 0.05) is 23.3 Å². The predicted octanol–water partition coefficient (Wildman–Crippen LogP) is 1.75. The molecule has 8 nitrogen and oxygen atoms in total. The van der Waals surface area contributed by atoms with Crippen LogP contribution in [0.3, 0.4) is 0 Å². The molecule has 9 heteroatoms. The van der Waals surface area contributed by atoms with Gasteiger partial charge in [-0.15, -0.1) is 11.3 Å². The second kappa shape index (κ2) is 7.22. The summed E-state index contributed by atoms with van der Waals surface area (Å²) in [5.41, 5.74) is 3.13. The smallest absolute Gasteiger partial charge is 0.325 e. The monoisotopic (exact) mass is 358 g/mol. The number of aromatic hydroxyl groups is 1. The average molecular weight is 358 g/mol. The van der Waals surface area contributed by atoms with Crippen LogP contribution in [0.2, 0.25) is 0 Å². The highest BCUT2D eigenvalue weighted by Gasteiger charge is 2.22. The normalized spacial score (nSPS) is 10.6. The van der Waals surface area contributed by atoms with Gasteiger partial charge >= 0.3 is 5.97 Å². The van der Waals surface area contributed by atoms with Crippen LogP contribution in [-0.2, 0) is 9.53 Å². The van der Waals surface area contributed by atoms with Crippen LogP contribution in [0.1, 0.15) is 17.3 Å². The summed E-state index contributed by atoms with van der Waals surface area (Å²) in [7, 11) is 0. The molecule has 0 bridgehead atoms. The van der Waals surface area contributed by atoms with Crippen molar-refractivity contribution in [3.63, 3.8) is 0 Å². The zero-order chi connectivity index (χ0) is 17.8. The van der Waals surface area contributed by atoms with Crippen LogP contribution in [0.25, 0.3) is 22.3 Å². The van der Waals surface area contributed by atoms with Crippen LogP contribution in [0.4, 0.5) is 0 Å². The van der Waals surface area contributed by atoms with Gasteiger partial charge in [-0.05, 0) is 13.0 Å². The van der Waals surface area contributed by atoms with Crippen molar-refractivity contribution in [1.82, 2.24) is 20.3 Å². The molecule has 0 fully saturated rings. The van der Waals surface area contributed by atoms with E-state index in [2.05, 4.69) is 20.3 Å². The molecule has 0 aliphatic heterocycles. The van der Waals surface area contributed by atoms with E-state index in [-0.39, 0.29) is 30.0 Å². The molecule has 2 heterocycles. The van der Waals surface area contributed by atoms with E-state index in [9.17, 15) is 14.7 Å². The molecular weight excluding hydrogens is 344 g/mol. The molecule has 3 rings (SSSR count). The Labute approximate surface area is 146 Å². The lowest BCUT2D eigenvalue weighted by Gasteiger charge is -2.11. The number of carbonyl (C=O) groups is 2. The minimum absolute atomic E-state index is 0.0575. The molecule has 1 amide bonds. The second-order valence-corrected chi connectivity index (χ2v) is 5.65. The third kappa shape index (κ3) is 3.41. The van der Waals surface area contributed by atoms with Crippen LogP contribution >= 0.6 is 11.3 Å². The highest BCUT2D eigenvalue weighted by molar-refractivity contribution is 7.07. The van der Waals surface area contributed by atoms with E-state index in [1.54, 1.807) is 23.9 Å². The summed E-state index contributed by atoms with van der Waals surface area (Å²) in [6.45, 7) is 1.58. The lowest BCUT2D eigenvalue weighted by molar-refractivity contribution is -0.141. The molecule has 25 heavy (non-hydrogen) atoms. The molecule has 2 N–H and O–H groups in total. The third-order valence-corrected chi connectivity index (χ3v) is 3.96. The van der Waals surface area contributed by atoms with E-state index in [1.165, 1.54) is 23.7 Å². The van der Waals surface area contributed by atoms with Gasteiger partial charge in [0.2, 0.25) is 0 Å². The number of phenolic OH excluding ortho intramolecular Hbond substituents is 1. The quantitative estimate of drug-likeness (QED) is 0.668. The molecule has 1 aromatic carbocycles. The molecule has 0 saturated carbocycles. The number of rotatable bonds is 5. The fourth-order valence-electron chi connectivity index (χ4n) is 2.31. The highest BCUT2D eigenvalue weighted by atomic mass is 32.1. The molecule has 3 aromatic rings. The zero-order valence-electron chi connectivity index (χ0n) is 13.2. The van der Waals surface area contributed by atoms with Gasteiger partial charge in [0.25, 0.3) is 5.91 Å². The number of aromatic nitrogens is 3. The maximum absolute atomic E-state index is 12.5. The lowest BCUT2D eigenvalue weighted by atomic mass is 10.0. The highest BCUT2D eigenvalue weighted by Crippen LogP contribution is 2.36. The fourth-order valence-corrected chi connectivity index (χ4v) is 2.86. The molecule has 128 valence electrons. The van der Waals surface area contributed by atoms with E-state index in [1.807, 2.05) is 0 Å². The van der Waals surface area contributed by atoms with E-state index in [0.29, 0.717) is 16.8 Å². The number of hydrogen-bond acceptors (Lipinski definition) is 8. The Morgan fingerprint density at radius 1 is 1.28 bits per heavy atom. The number of carbonyl (C=O) groups excluding carboxylic acids is 2. The topological polar surface area (TPSA) is 114 Å². The number of fused-ring (bicyclic) bond motifs is 1. The summed E-state index contributed by atoms with van der Waals surface area (Å²) in [6, 6.07) is 1.62. The Morgan fingerprint density at radius 2 is 2.08 bits per heavy atom. The second-order valence-electron chi connectivity index (χ2n) is 4.93. The van der Waals surface area contributed by atoms with Gasteiger partial charge in [-0.25, -0.2) is 4.98 Å². The van der Waals surface area contributed by atoms with Gasteiger partial charge in [0.05, 0.1) is 23.3 Å². The molecule has 0 aliphatic rings. The number of nitrogens with one attached hydrogen (secondary N) is 1. The van der Waals surface area contributed by atoms with Crippen molar-refractivity contribution in [3.8, 4) is 17.0 Å².